The van der Waals surface area contributed by atoms with Crippen LogP contribution in [-0.2, 0) is 15.1 Å². The van der Waals surface area contributed by atoms with Gasteiger partial charge in [0.05, 0.1) is 6.04 Å². The highest BCUT2D eigenvalue weighted by molar-refractivity contribution is 5.70. The predicted octanol–water partition coefficient (Wildman–Crippen LogP) is 2.95. The van der Waals surface area contributed by atoms with Crippen molar-refractivity contribution in [1.82, 2.24) is 4.90 Å². The molecule has 104 valence electrons. The molecule has 1 aliphatic heterocycles. The molecular formula is C16H23NO2. The number of nitrogens with zero attached hydrogens (tertiary/aromatic N) is 1. The highest BCUT2D eigenvalue weighted by Crippen LogP contribution is 2.41. The van der Waals surface area contributed by atoms with Crippen molar-refractivity contribution in [3.8, 4) is 0 Å². The zero-order valence-electron chi connectivity index (χ0n) is 12.1. The lowest BCUT2D eigenvalue weighted by Gasteiger charge is -2.36. The molecule has 0 amide bonds. The van der Waals surface area contributed by atoms with E-state index in [0.717, 1.165) is 25.1 Å². The largest absolute Gasteiger partial charge is 0.452 e. The van der Waals surface area contributed by atoms with Crippen molar-refractivity contribution in [1.29, 1.82) is 0 Å². The van der Waals surface area contributed by atoms with Gasteiger partial charge in [0.2, 0.25) is 0 Å². The van der Waals surface area contributed by atoms with Crippen LogP contribution in [0.5, 0.6) is 0 Å². The maximum absolute atomic E-state index is 11.8. The fourth-order valence-corrected chi connectivity index (χ4v) is 3.02. The second-order valence-electron chi connectivity index (χ2n) is 5.14. The molecule has 2 atom stereocenters. The average Bonchev–Trinajstić information content (AvgIpc) is 2.77. The number of hydrogen-bond donors (Lipinski definition) is 0. The van der Waals surface area contributed by atoms with Gasteiger partial charge in [-0.25, -0.2) is 0 Å². The van der Waals surface area contributed by atoms with Gasteiger partial charge in [0.15, 0.2) is 5.60 Å². The fourth-order valence-electron chi connectivity index (χ4n) is 3.02. The van der Waals surface area contributed by atoms with Crippen molar-refractivity contribution < 1.29 is 9.53 Å². The number of esters is 1. The van der Waals surface area contributed by atoms with E-state index in [1.54, 1.807) is 0 Å². The molecule has 1 saturated heterocycles. The Kier molecular flexibility index (Phi) is 4.25. The summed E-state index contributed by atoms with van der Waals surface area (Å²) in [5.74, 6) is -0.117. The van der Waals surface area contributed by atoms with Crippen molar-refractivity contribution in [3.05, 3.63) is 35.9 Å². The van der Waals surface area contributed by atoms with Crippen LogP contribution < -0.4 is 0 Å². The Hall–Kier alpha value is -1.35. The minimum atomic E-state index is -0.482. The molecule has 1 aromatic carbocycles. The summed E-state index contributed by atoms with van der Waals surface area (Å²) in [7, 11) is 0. The Morgan fingerprint density at radius 1 is 1.37 bits per heavy atom. The zero-order valence-corrected chi connectivity index (χ0v) is 12.1. The molecule has 19 heavy (non-hydrogen) atoms. The first-order valence-electron chi connectivity index (χ1n) is 7.15. The minimum absolute atomic E-state index is 0.117. The summed E-state index contributed by atoms with van der Waals surface area (Å²) >= 11 is 0. The third kappa shape index (κ3) is 2.52. The number of carbonyl (C=O) groups is 1. The lowest BCUT2D eigenvalue weighted by molar-refractivity contribution is -0.163. The van der Waals surface area contributed by atoms with Crippen LogP contribution in [0.15, 0.2) is 30.3 Å². The predicted molar refractivity (Wildman–Crippen MR) is 75.8 cm³/mol. The summed E-state index contributed by atoms with van der Waals surface area (Å²) in [6.45, 7) is 8.12. The third-order valence-electron chi connectivity index (χ3n) is 4.25. The molecule has 3 heteroatoms. The summed E-state index contributed by atoms with van der Waals surface area (Å²) in [6, 6.07) is 10.4. The molecule has 3 nitrogen and oxygen atoms in total. The molecule has 1 heterocycles. The van der Waals surface area contributed by atoms with Crippen molar-refractivity contribution in [2.45, 2.75) is 45.3 Å². The second-order valence-corrected chi connectivity index (χ2v) is 5.14. The molecule has 1 aromatic rings. The number of carbonyl (C=O) groups excluding carboxylic acids is 1. The Morgan fingerprint density at radius 3 is 2.58 bits per heavy atom. The van der Waals surface area contributed by atoms with Crippen molar-refractivity contribution in [2.24, 2.45) is 0 Å². The van der Waals surface area contributed by atoms with E-state index in [1.807, 2.05) is 25.1 Å². The molecule has 0 aliphatic carbocycles. The first-order chi connectivity index (χ1) is 9.14. The number of benzene rings is 1. The van der Waals surface area contributed by atoms with Crippen LogP contribution in [0.4, 0.5) is 0 Å². The number of likely N-dealkylation sites (tertiary alicyclic amines) is 1. The minimum Gasteiger partial charge on any atom is -0.452 e. The molecule has 0 spiro atoms. The van der Waals surface area contributed by atoms with Crippen LogP contribution >= 0.6 is 0 Å². The van der Waals surface area contributed by atoms with Crippen LogP contribution in [0.2, 0.25) is 0 Å². The third-order valence-corrected chi connectivity index (χ3v) is 4.25. The van der Waals surface area contributed by atoms with Gasteiger partial charge in [0.1, 0.15) is 0 Å². The van der Waals surface area contributed by atoms with Crippen LogP contribution in [-0.4, -0.2) is 30.0 Å². The van der Waals surface area contributed by atoms with E-state index in [4.69, 9.17) is 4.74 Å². The summed E-state index contributed by atoms with van der Waals surface area (Å²) < 4.78 is 5.90. The Bertz CT molecular complexity index is 432. The van der Waals surface area contributed by atoms with Gasteiger partial charge in [-0.15, -0.1) is 0 Å². The average molecular weight is 261 g/mol. The Labute approximate surface area is 115 Å². The standard InChI is InChI=1S/C16H23NO2/c1-4-15(18)19-16(14-9-7-6-8-10-14)11-12-17(5-2)13(16)3/h6-10,13H,4-5,11-12H2,1-3H3/t13-,16+/m1/s1. The summed E-state index contributed by atoms with van der Waals surface area (Å²) in [6.07, 6.45) is 1.30. The molecule has 0 aromatic heterocycles. The summed E-state index contributed by atoms with van der Waals surface area (Å²) in [4.78, 5) is 14.2. The first-order valence-corrected chi connectivity index (χ1v) is 7.15. The fraction of sp³-hybridized carbons (Fsp3) is 0.562. The molecule has 0 unspecified atom stereocenters. The topological polar surface area (TPSA) is 29.5 Å². The molecule has 0 bridgehead atoms. The van der Waals surface area contributed by atoms with E-state index in [1.165, 1.54) is 0 Å². The monoisotopic (exact) mass is 261 g/mol. The Morgan fingerprint density at radius 2 is 2.05 bits per heavy atom. The smallest absolute Gasteiger partial charge is 0.306 e. The molecule has 0 saturated carbocycles. The van der Waals surface area contributed by atoms with Crippen LogP contribution in [0.1, 0.15) is 39.2 Å². The highest BCUT2D eigenvalue weighted by Gasteiger charge is 2.48. The molecular weight excluding hydrogens is 238 g/mol. The van der Waals surface area contributed by atoms with Gasteiger partial charge < -0.3 is 4.74 Å². The van der Waals surface area contributed by atoms with E-state index in [0.29, 0.717) is 6.42 Å². The normalized spacial score (nSPS) is 27.4. The lowest BCUT2D eigenvalue weighted by Crippen LogP contribution is -2.43. The van der Waals surface area contributed by atoms with Gasteiger partial charge in [-0.2, -0.15) is 0 Å². The number of ether oxygens (including phenoxy) is 1. The van der Waals surface area contributed by atoms with Crippen LogP contribution in [0.25, 0.3) is 0 Å². The highest BCUT2D eigenvalue weighted by atomic mass is 16.6. The van der Waals surface area contributed by atoms with Crippen molar-refractivity contribution in [3.63, 3.8) is 0 Å². The zero-order chi connectivity index (χ0) is 13.9. The molecule has 0 N–H and O–H groups in total. The second kappa shape index (κ2) is 5.74. The van der Waals surface area contributed by atoms with E-state index in [2.05, 4.69) is 30.9 Å². The SMILES string of the molecule is CCC(=O)O[C@@]1(c2ccccc2)CCN(CC)[C@@H]1C. The van der Waals surface area contributed by atoms with Gasteiger partial charge in [-0.05, 0) is 19.0 Å². The van der Waals surface area contributed by atoms with E-state index < -0.39 is 5.60 Å². The Balaban J connectivity index is 2.37. The maximum Gasteiger partial charge on any atom is 0.306 e. The number of likely N-dealkylation sites (N-methyl/N-ethyl adjacent to an activating group) is 1. The van der Waals surface area contributed by atoms with Crippen LogP contribution in [0.3, 0.4) is 0 Å². The molecule has 1 aliphatic rings. The molecule has 0 radical (unpaired) electrons. The summed E-state index contributed by atoms with van der Waals surface area (Å²) in [5, 5.41) is 0. The van der Waals surface area contributed by atoms with Gasteiger partial charge in [0, 0.05) is 19.4 Å². The van der Waals surface area contributed by atoms with Crippen molar-refractivity contribution in [2.75, 3.05) is 13.1 Å². The van der Waals surface area contributed by atoms with Gasteiger partial charge >= 0.3 is 5.97 Å². The van der Waals surface area contributed by atoms with E-state index in [9.17, 15) is 4.79 Å². The quantitative estimate of drug-likeness (QED) is 0.780. The van der Waals surface area contributed by atoms with Gasteiger partial charge in [0.25, 0.3) is 0 Å². The molecule has 1 fully saturated rings. The van der Waals surface area contributed by atoms with Gasteiger partial charge in [-0.1, -0.05) is 44.2 Å². The van der Waals surface area contributed by atoms with E-state index in [-0.39, 0.29) is 12.0 Å². The number of rotatable bonds is 4. The van der Waals surface area contributed by atoms with Crippen molar-refractivity contribution >= 4 is 5.97 Å². The first kappa shape index (κ1) is 14.1. The number of hydrogen-bond acceptors (Lipinski definition) is 3. The van der Waals surface area contributed by atoms with E-state index >= 15 is 0 Å². The van der Waals surface area contributed by atoms with Gasteiger partial charge in [-0.3, -0.25) is 9.69 Å². The lowest BCUT2D eigenvalue weighted by atomic mass is 9.87. The van der Waals surface area contributed by atoms with Crippen LogP contribution in [0, 0.1) is 0 Å². The summed E-state index contributed by atoms with van der Waals surface area (Å²) in [5.41, 5.74) is 0.630. The molecule has 2 rings (SSSR count). The maximum atomic E-state index is 11.8.